The van der Waals surface area contributed by atoms with Crippen molar-refractivity contribution in [2.24, 2.45) is 0 Å². The van der Waals surface area contributed by atoms with Crippen molar-refractivity contribution < 1.29 is 5.11 Å². The smallest absolute Gasteiger partial charge is 0.0681 e. The molecule has 3 nitrogen and oxygen atoms in total. The van der Waals surface area contributed by atoms with Crippen LogP contribution in [0.1, 0.15) is 11.1 Å². The summed E-state index contributed by atoms with van der Waals surface area (Å²) in [7, 11) is 2.08. The predicted molar refractivity (Wildman–Crippen MR) is 73.6 cm³/mol. The molecule has 0 unspecified atom stereocenters. The fraction of sp³-hybridized carbons (Fsp3) is 0.267. The molecule has 0 atom stereocenters. The third-order valence-corrected chi connectivity index (χ3v) is 3.04. The molecular weight excluding hydrogens is 224 g/mol. The Morgan fingerprint density at radius 3 is 2.28 bits per heavy atom. The van der Waals surface area contributed by atoms with E-state index in [0.29, 0.717) is 0 Å². The number of hydrogen-bond donors (Lipinski definition) is 1. The van der Waals surface area contributed by atoms with E-state index in [1.165, 1.54) is 11.3 Å². The van der Waals surface area contributed by atoms with Gasteiger partial charge in [0.15, 0.2) is 0 Å². The van der Waals surface area contributed by atoms with E-state index in [2.05, 4.69) is 16.9 Å². The van der Waals surface area contributed by atoms with E-state index in [-0.39, 0.29) is 6.61 Å². The van der Waals surface area contributed by atoms with E-state index in [0.717, 1.165) is 18.5 Å². The number of benzene rings is 1. The Labute approximate surface area is 108 Å². The zero-order valence-corrected chi connectivity index (χ0v) is 10.6. The zero-order chi connectivity index (χ0) is 12.8. The Morgan fingerprint density at radius 2 is 1.67 bits per heavy atom. The summed E-state index contributed by atoms with van der Waals surface area (Å²) in [5, 5.41) is 9.00. The summed E-state index contributed by atoms with van der Waals surface area (Å²) in [4.78, 5) is 6.22. The van der Waals surface area contributed by atoms with Gasteiger partial charge in [0, 0.05) is 31.7 Å². The highest BCUT2D eigenvalue weighted by atomic mass is 16.3. The van der Waals surface area contributed by atoms with Crippen LogP contribution in [0.2, 0.25) is 0 Å². The van der Waals surface area contributed by atoms with Crippen LogP contribution in [0.3, 0.4) is 0 Å². The summed E-state index contributed by atoms with van der Waals surface area (Å²) in [6.45, 7) is 1.06. The van der Waals surface area contributed by atoms with Crippen LogP contribution >= 0.6 is 0 Å². The molecule has 0 bridgehead atoms. The molecule has 0 aliphatic rings. The van der Waals surface area contributed by atoms with Crippen molar-refractivity contribution in [2.75, 3.05) is 18.5 Å². The van der Waals surface area contributed by atoms with E-state index in [1.54, 1.807) is 0 Å². The molecule has 2 rings (SSSR count). The average Bonchev–Trinajstić information content (AvgIpc) is 2.46. The summed E-state index contributed by atoms with van der Waals surface area (Å²) in [6, 6.07) is 12.1. The summed E-state index contributed by atoms with van der Waals surface area (Å²) >= 11 is 0. The van der Waals surface area contributed by atoms with Crippen molar-refractivity contribution in [2.45, 2.75) is 13.0 Å². The van der Waals surface area contributed by atoms with Crippen molar-refractivity contribution >= 4 is 5.69 Å². The van der Waals surface area contributed by atoms with Gasteiger partial charge >= 0.3 is 0 Å². The number of pyridine rings is 1. The standard InChI is InChI=1S/C15H18N2O/c1-17(11-8-13-6-9-16-10-7-13)15-4-2-14(12-18)3-5-15/h2-7,9-10,18H,8,11-12H2,1H3. The van der Waals surface area contributed by atoms with Gasteiger partial charge in [-0.15, -0.1) is 0 Å². The lowest BCUT2D eigenvalue weighted by Gasteiger charge is -2.19. The van der Waals surface area contributed by atoms with E-state index in [1.807, 2.05) is 48.8 Å². The van der Waals surface area contributed by atoms with Crippen LogP contribution in [-0.4, -0.2) is 23.7 Å². The highest BCUT2D eigenvalue weighted by Crippen LogP contribution is 2.14. The minimum atomic E-state index is 0.0982. The van der Waals surface area contributed by atoms with Crippen LogP contribution in [0.5, 0.6) is 0 Å². The summed E-state index contributed by atoms with van der Waals surface area (Å²) < 4.78 is 0. The number of hydrogen-bond acceptors (Lipinski definition) is 3. The first-order valence-corrected chi connectivity index (χ1v) is 6.09. The topological polar surface area (TPSA) is 36.4 Å². The molecule has 3 heteroatoms. The van der Waals surface area contributed by atoms with Crippen LogP contribution in [-0.2, 0) is 13.0 Å². The first-order valence-electron chi connectivity index (χ1n) is 6.09. The maximum absolute atomic E-state index is 9.00. The van der Waals surface area contributed by atoms with Gasteiger partial charge in [-0.05, 0) is 41.8 Å². The molecule has 0 amide bonds. The molecule has 1 aromatic carbocycles. The molecule has 0 aliphatic heterocycles. The van der Waals surface area contributed by atoms with Crippen LogP contribution in [0.25, 0.3) is 0 Å². The van der Waals surface area contributed by atoms with Crippen molar-refractivity contribution in [3.05, 3.63) is 59.9 Å². The SMILES string of the molecule is CN(CCc1ccncc1)c1ccc(CO)cc1. The Hall–Kier alpha value is -1.87. The number of likely N-dealkylation sites (N-methyl/N-ethyl adjacent to an activating group) is 1. The van der Waals surface area contributed by atoms with Gasteiger partial charge in [0.05, 0.1) is 6.61 Å². The molecule has 1 heterocycles. The van der Waals surface area contributed by atoms with Crippen molar-refractivity contribution in [1.82, 2.24) is 4.98 Å². The third kappa shape index (κ3) is 3.31. The number of rotatable bonds is 5. The van der Waals surface area contributed by atoms with Gasteiger partial charge in [0.25, 0.3) is 0 Å². The van der Waals surface area contributed by atoms with E-state index < -0.39 is 0 Å². The molecule has 0 radical (unpaired) electrons. The monoisotopic (exact) mass is 242 g/mol. The molecule has 18 heavy (non-hydrogen) atoms. The number of aliphatic hydroxyl groups excluding tert-OH is 1. The zero-order valence-electron chi connectivity index (χ0n) is 10.6. The minimum absolute atomic E-state index is 0.0982. The lowest BCUT2D eigenvalue weighted by Crippen LogP contribution is -2.20. The van der Waals surface area contributed by atoms with Crippen LogP contribution < -0.4 is 4.90 Å². The summed E-state index contributed by atoms with van der Waals surface area (Å²) in [5.41, 5.74) is 3.41. The number of anilines is 1. The first-order chi connectivity index (χ1) is 8.79. The summed E-state index contributed by atoms with van der Waals surface area (Å²) in [5.74, 6) is 0. The van der Waals surface area contributed by atoms with E-state index in [9.17, 15) is 0 Å². The second-order valence-corrected chi connectivity index (χ2v) is 4.35. The molecule has 0 saturated carbocycles. The Bertz CT molecular complexity index is 468. The van der Waals surface area contributed by atoms with Gasteiger partial charge in [-0.2, -0.15) is 0 Å². The molecular formula is C15H18N2O. The second-order valence-electron chi connectivity index (χ2n) is 4.35. The van der Waals surface area contributed by atoms with Gasteiger partial charge < -0.3 is 10.0 Å². The number of aromatic nitrogens is 1. The van der Waals surface area contributed by atoms with Crippen molar-refractivity contribution in [1.29, 1.82) is 0 Å². The molecule has 0 spiro atoms. The largest absolute Gasteiger partial charge is 0.392 e. The highest BCUT2D eigenvalue weighted by Gasteiger charge is 2.01. The first kappa shape index (κ1) is 12.6. The van der Waals surface area contributed by atoms with Gasteiger partial charge in [0.1, 0.15) is 0 Å². The van der Waals surface area contributed by atoms with Crippen molar-refractivity contribution in [3.63, 3.8) is 0 Å². The quantitative estimate of drug-likeness (QED) is 0.873. The normalized spacial score (nSPS) is 10.3. The molecule has 0 saturated heterocycles. The third-order valence-electron chi connectivity index (χ3n) is 3.04. The maximum atomic E-state index is 9.00. The molecule has 0 aliphatic carbocycles. The molecule has 1 aromatic heterocycles. The fourth-order valence-electron chi connectivity index (χ4n) is 1.83. The van der Waals surface area contributed by atoms with Crippen LogP contribution in [0.4, 0.5) is 5.69 Å². The molecule has 94 valence electrons. The maximum Gasteiger partial charge on any atom is 0.0681 e. The van der Waals surface area contributed by atoms with Crippen molar-refractivity contribution in [3.8, 4) is 0 Å². The predicted octanol–water partition coefficient (Wildman–Crippen LogP) is 2.25. The lowest BCUT2D eigenvalue weighted by atomic mass is 10.1. The Balaban J connectivity index is 1.93. The fourth-order valence-corrected chi connectivity index (χ4v) is 1.83. The second kappa shape index (κ2) is 6.17. The van der Waals surface area contributed by atoms with Crippen LogP contribution in [0.15, 0.2) is 48.8 Å². The lowest BCUT2D eigenvalue weighted by molar-refractivity contribution is 0.282. The van der Waals surface area contributed by atoms with Crippen LogP contribution in [0, 0.1) is 0 Å². The highest BCUT2D eigenvalue weighted by molar-refractivity contribution is 5.46. The average molecular weight is 242 g/mol. The minimum Gasteiger partial charge on any atom is -0.392 e. The summed E-state index contributed by atoms with van der Waals surface area (Å²) in [6.07, 6.45) is 4.65. The van der Waals surface area contributed by atoms with Gasteiger partial charge in [-0.25, -0.2) is 0 Å². The number of aliphatic hydroxyl groups is 1. The number of nitrogens with zero attached hydrogens (tertiary/aromatic N) is 2. The van der Waals surface area contributed by atoms with Gasteiger partial charge in [-0.1, -0.05) is 12.1 Å². The molecule has 1 N–H and O–H groups in total. The van der Waals surface area contributed by atoms with Gasteiger partial charge in [0.2, 0.25) is 0 Å². The van der Waals surface area contributed by atoms with E-state index in [4.69, 9.17) is 5.11 Å². The van der Waals surface area contributed by atoms with E-state index >= 15 is 0 Å². The molecule has 0 fully saturated rings. The Kier molecular flexibility index (Phi) is 4.31. The Morgan fingerprint density at radius 1 is 1.00 bits per heavy atom. The molecule has 2 aromatic rings. The van der Waals surface area contributed by atoms with Gasteiger partial charge in [-0.3, -0.25) is 4.98 Å².